The van der Waals surface area contributed by atoms with Crippen LogP contribution in [0.4, 0.5) is 0 Å². The van der Waals surface area contributed by atoms with Crippen molar-refractivity contribution in [2.24, 2.45) is 0 Å². The van der Waals surface area contributed by atoms with Crippen LogP contribution in [0.2, 0.25) is 10.0 Å². The summed E-state index contributed by atoms with van der Waals surface area (Å²) in [6.07, 6.45) is 0. The summed E-state index contributed by atoms with van der Waals surface area (Å²) in [5.74, 6) is 1.01. The number of carbonyl (C=O) groups excluding carboxylic acids is 1. The van der Waals surface area contributed by atoms with E-state index in [4.69, 9.17) is 32.7 Å². The molecule has 0 unspecified atom stereocenters. The van der Waals surface area contributed by atoms with Crippen molar-refractivity contribution in [3.8, 4) is 11.5 Å². The molecule has 6 heteroatoms. The van der Waals surface area contributed by atoms with Gasteiger partial charge in [0.2, 0.25) is 0 Å². The monoisotopic (exact) mass is 353 g/mol. The highest BCUT2D eigenvalue weighted by molar-refractivity contribution is 6.43. The van der Waals surface area contributed by atoms with Crippen molar-refractivity contribution in [3.05, 3.63) is 57.6 Å². The molecule has 0 spiro atoms. The molecular formula is C17H17Cl2NO3. The van der Waals surface area contributed by atoms with Crippen LogP contribution in [0.5, 0.6) is 11.5 Å². The van der Waals surface area contributed by atoms with Crippen molar-refractivity contribution in [2.45, 2.75) is 13.5 Å². The average molecular weight is 354 g/mol. The van der Waals surface area contributed by atoms with Crippen molar-refractivity contribution in [1.29, 1.82) is 0 Å². The fraction of sp³-hybridized carbons (Fsp3) is 0.235. The predicted molar refractivity (Wildman–Crippen MR) is 91.8 cm³/mol. The smallest absolute Gasteiger partial charge is 0.253 e. The molecule has 2 aromatic carbocycles. The SMILES string of the molecule is CCOc1ccc(CNC(=O)c2cccc(Cl)c2Cl)cc1OC. The molecule has 23 heavy (non-hydrogen) atoms. The summed E-state index contributed by atoms with van der Waals surface area (Å²) >= 11 is 12.0. The molecule has 0 heterocycles. The van der Waals surface area contributed by atoms with E-state index in [-0.39, 0.29) is 10.9 Å². The normalized spacial score (nSPS) is 10.3. The maximum Gasteiger partial charge on any atom is 0.253 e. The van der Waals surface area contributed by atoms with Crippen molar-refractivity contribution in [1.82, 2.24) is 5.32 Å². The first-order valence-corrected chi connectivity index (χ1v) is 7.84. The maximum absolute atomic E-state index is 12.2. The van der Waals surface area contributed by atoms with E-state index >= 15 is 0 Å². The van der Waals surface area contributed by atoms with Crippen LogP contribution in [-0.4, -0.2) is 19.6 Å². The highest BCUT2D eigenvalue weighted by Gasteiger charge is 2.13. The average Bonchev–Trinajstić information content (AvgIpc) is 2.56. The number of methoxy groups -OCH3 is 1. The Morgan fingerprint density at radius 2 is 1.96 bits per heavy atom. The van der Waals surface area contributed by atoms with Crippen LogP contribution in [0.25, 0.3) is 0 Å². The van der Waals surface area contributed by atoms with Gasteiger partial charge in [-0.3, -0.25) is 4.79 Å². The zero-order chi connectivity index (χ0) is 16.8. The minimum atomic E-state index is -0.287. The Hall–Kier alpha value is -1.91. The second kappa shape index (κ2) is 8.09. The number of ether oxygens (including phenoxy) is 2. The number of carbonyl (C=O) groups is 1. The van der Waals surface area contributed by atoms with Crippen molar-refractivity contribution in [2.75, 3.05) is 13.7 Å². The first-order chi connectivity index (χ1) is 11.1. The van der Waals surface area contributed by atoms with Crippen LogP contribution in [0.1, 0.15) is 22.8 Å². The summed E-state index contributed by atoms with van der Waals surface area (Å²) in [4.78, 5) is 12.2. The van der Waals surface area contributed by atoms with Crippen LogP contribution >= 0.6 is 23.2 Å². The lowest BCUT2D eigenvalue weighted by molar-refractivity contribution is 0.0951. The third-order valence-corrected chi connectivity index (χ3v) is 4.00. The van der Waals surface area contributed by atoms with Crippen molar-refractivity contribution in [3.63, 3.8) is 0 Å². The molecule has 0 aliphatic heterocycles. The highest BCUT2D eigenvalue weighted by atomic mass is 35.5. The van der Waals surface area contributed by atoms with E-state index in [1.54, 1.807) is 25.3 Å². The summed E-state index contributed by atoms with van der Waals surface area (Å²) in [5.41, 5.74) is 1.23. The van der Waals surface area contributed by atoms with Gasteiger partial charge in [-0.2, -0.15) is 0 Å². The summed E-state index contributed by atoms with van der Waals surface area (Å²) in [6, 6.07) is 10.5. The summed E-state index contributed by atoms with van der Waals surface area (Å²) in [5, 5.41) is 3.40. The number of rotatable bonds is 6. The molecule has 0 fully saturated rings. The summed E-state index contributed by atoms with van der Waals surface area (Å²) in [7, 11) is 1.58. The van der Waals surface area contributed by atoms with Gasteiger partial charge >= 0.3 is 0 Å². The lowest BCUT2D eigenvalue weighted by Gasteiger charge is -2.12. The van der Waals surface area contributed by atoms with E-state index in [0.29, 0.717) is 35.2 Å². The van der Waals surface area contributed by atoms with Gasteiger partial charge in [-0.05, 0) is 36.8 Å². The second-order valence-electron chi connectivity index (χ2n) is 4.70. The quantitative estimate of drug-likeness (QED) is 0.840. The first kappa shape index (κ1) is 17.4. The molecule has 0 aliphatic carbocycles. The number of amides is 1. The van der Waals surface area contributed by atoms with Gasteiger partial charge in [-0.15, -0.1) is 0 Å². The van der Waals surface area contributed by atoms with Crippen LogP contribution in [0.15, 0.2) is 36.4 Å². The molecule has 2 rings (SSSR count). The Morgan fingerprint density at radius 3 is 2.65 bits per heavy atom. The van der Waals surface area contributed by atoms with Crippen LogP contribution in [0.3, 0.4) is 0 Å². The van der Waals surface area contributed by atoms with Crippen molar-refractivity contribution < 1.29 is 14.3 Å². The molecule has 0 radical (unpaired) electrons. The van der Waals surface area contributed by atoms with Gasteiger partial charge < -0.3 is 14.8 Å². The van der Waals surface area contributed by atoms with Gasteiger partial charge in [0, 0.05) is 6.54 Å². The largest absolute Gasteiger partial charge is 0.493 e. The lowest BCUT2D eigenvalue weighted by Crippen LogP contribution is -2.23. The van der Waals surface area contributed by atoms with Crippen molar-refractivity contribution >= 4 is 29.1 Å². The van der Waals surface area contributed by atoms with Crippen LogP contribution < -0.4 is 14.8 Å². The molecule has 2 aromatic rings. The fourth-order valence-electron chi connectivity index (χ4n) is 2.05. The van der Waals surface area contributed by atoms with Gasteiger partial charge in [0.05, 0.1) is 29.3 Å². The second-order valence-corrected chi connectivity index (χ2v) is 5.49. The number of hydrogen-bond acceptors (Lipinski definition) is 3. The molecule has 0 aromatic heterocycles. The molecule has 0 aliphatic rings. The number of nitrogens with one attached hydrogen (secondary N) is 1. The zero-order valence-electron chi connectivity index (χ0n) is 12.9. The topological polar surface area (TPSA) is 47.6 Å². The Balaban J connectivity index is 2.08. The Kier molecular flexibility index (Phi) is 6.13. The Labute approximate surface area is 145 Å². The van der Waals surface area contributed by atoms with E-state index < -0.39 is 0 Å². The van der Waals surface area contributed by atoms with E-state index in [1.165, 1.54) is 0 Å². The van der Waals surface area contributed by atoms with E-state index in [1.807, 2.05) is 25.1 Å². The molecule has 0 atom stereocenters. The number of benzene rings is 2. The van der Waals surface area contributed by atoms with Gasteiger partial charge in [-0.25, -0.2) is 0 Å². The molecule has 1 amide bonds. The number of halogens is 2. The molecular weight excluding hydrogens is 337 g/mol. The van der Waals surface area contributed by atoms with E-state index in [9.17, 15) is 4.79 Å². The molecule has 4 nitrogen and oxygen atoms in total. The van der Waals surface area contributed by atoms with E-state index in [2.05, 4.69) is 5.32 Å². The zero-order valence-corrected chi connectivity index (χ0v) is 14.4. The minimum absolute atomic E-state index is 0.246. The summed E-state index contributed by atoms with van der Waals surface area (Å²) in [6.45, 7) is 2.80. The predicted octanol–water partition coefficient (Wildman–Crippen LogP) is 4.33. The lowest BCUT2D eigenvalue weighted by atomic mass is 10.1. The standard InChI is InChI=1S/C17H17Cl2NO3/c1-3-23-14-8-7-11(9-15(14)22-2)10-20-17(21)12-5-4-6-13(18)16(12)19/h4-9H,3,10H2,1-2H3,(H,20,21). The molecule has 0 saturated heterocycles. The Bertz CT molecular complexity index is 704. The van der Waals surface area contributed by atoms with Gasteiger partial charge in [0.15, 0.2) is 11.5 Å². The van der Waals surface area contributed by atoms with Gasteiger partial charge in [0.25, 0.3) is 5.91 Å². The number of hydrogen-bond donors (Lipinski definition) is 1. The van der Waals surface area contributed by atoms with Crippen LogP contribution in [-0.2, 0) is 6.54 Å². The molecule has 0 saturated carbocycles. The van der Waals surface area contributed by atoms with E-state index in [0.717, 1.165) is 5.56 Å². The van der Waals surface area contributed by atoms with Gasteiger partial charge in [-0.1, -0.05) is 35.3 Å². The molecule has 122 valence electrons. The summed E-state index contributed by atoms with van der Waals surface area (Å²) < 4.78 is 10.8. The molecule has 0 bridgehead atoms. The third-order valence-electron chi connectivity index (χ3n) is 3.18. The van der Waals surface area contributed by atoms with Gasteiger partial charge in [0.1, 0.15) is 0 Å². The Morgan fingerprint density at radius 1 is 1.17 bits per heavy atom. The van der Waals surface area contributed by atoms with Crippen LogP contribution in [0, 0.1) is 0 Å². The highest BCUT2D eigenvalue weighted by Crippen LogP contribution is 2.28. The fourth-order valence-corrected chi connectivity index (χ4v) is 2.44. The first-order valence-electron chi connectivity index (χ1n) is 7.08. The molecule has 1 N–H and O–H groups in total. The maximum atomic E-state index is 12.2. The third kappa shape index (κ3) is 4.30. The minimum Gasteiger partial charge on any atom is -0.493 e.